The Balaban J connectivity index is 1.20. The molecule has 274 valence electrons. The summed E-state index contributed by atoms with van der Waals surface area (Å²) in [4.78, 5) is 15.2. The van der Waals surface area contributed by atoms with Crippen LogP contribution in [-0.2, 0) is 0 Å². The number of aromatic nitrogens is 5. The lowest BCUT2D eigenvalue weighted by molar-refractivity contribution is 0.509. The molecule has 3 heterocycles. The van der Waals surface area contributed by atoms with Crippen LogP contribution in [0.25, 0.3) is 100 Å². The quantitative estimate of drug-likeness (QED) is 0.170. The first-order chi connectivity index (χ1) is 28.6. The third kappa shape index (κ3) is 5.47. The summed E-state index contributed by atoms with van der Waals surface area (Å²) < 4.78 is 33.5. The highest BCUT2D eigenvalue weighted by molar-refractivity contribution is 6.12. The zero-order valence-corrected chi connectivity index (χ0v) is 30.9. The molecule has 0 aliphatic rings. The van der Waals surface area contributed by atoms with E-state index in [1.54, 1.807) is 6.07 Å². The van der Waals surface area contributed by atoms with Crippen molar-refractivity contribution in [3.05, 3.63) is 200 Å². The van der Waals surface area contributed by atoms with Crippen LogP contribution in [0, 0.1) is 11.6 Å². The minimum Gasteiger partial charge on any atom is -0.309 e. The van der Waals surface area contributed by atoms with E-state index in [0.29, 0.717) is 28.6 Å². The summed E-state index contributed by atoms with van der Waals surface area (Å²) in [5.41, 5.74) is 9.75. The fourth-order valence-electron chi connectivity index (χ4n) is 8.25. The molecule has 5 nitrogen and oxygen atoms in total. The third-order valence-electron chi connectivity index (χ3n) is 10.9. The van der Waals surface area contributed by atoms with Gasteiger partial charge in [0.05, 0.1) is 27.8 Å². The minimum absolute atomic E-state index is 0.479. The largest absolute Gasteiger partial charge is 0.309 e. The SMILES string of the molecule is Fc1ccc(-c2ccc(-c3nc(-c4ccccc4)nc(-c4ccccc4)n3)c(-n3c4ccccc4c4cc(-n5c6ccccc6c6ccccc65)ccc43)c2)cc1F. The highest BCUT2D eigenvalue weighted by Crippen LogP contribution is 2.40. The molecular weight excluding hydrogens is 721 g/mol. The molecule has 0 saturated carbocycles. The molecule has 11 aromatic rings. The van der Waals surface area contributed by atoms with E-state index in [1.807, 2.05) is 84.9 Å². The van der Waals surface area contributed by atoms with Gasteiger partial charge in [-0.15, -0.1) is 0 Å². The Morgan fingerprint density at radius 1 is 0.328 bits per heavy atom. The molecule has 3 aromatic heterocycles. The van der Waals surface area contributed by atoms with Crippen molar-refractivity contribution in [2.75, 3.05) is 0 Å². The van der Waals surface area contributed by atoms with Crippen molar-refractivity contribution >= 4 is 43.6 Å². The predicted octanol–water partition coefficient (Wildman–Crippen LogP) is 13.0. The van der Waals surface area contributed by atoms with Crippen LogP contribution < -0.4 is 0 Å². The van der Waals surface area contributed by atoms with Gasteiger partial charge >= 0.3 is 0 Å². The number of fused-ring (bicyclic) bond motifs is 6. The first-order valence-corrected chi connectivity index (χ1v) is 19.1. The van der Waals surface area contributed by atoms with Crippen LogP contribution in [-0.4, -0.2) is 24.1 Å². The molecule has 0 bridgehead atoms. The van der Waals surface area contributed by atoms with E-state index in [1.165, 1.54) is 22.9 Å². The Morgan fingerprint density at radius 2 is 0.810 bits per heavy atom. The number of hydrogen-bond acceptors (Lipinski definition) is 3. The summed E-state index contributed by atoms with van der Waals surface area (Å²) in [7, 11) is 0. The number of benzene rings is 8. The van der Waals surface area contributed by atoms with E-state index in [-0.39, 0.29) is 0 Å². The first-order valence-electron chi connectivity index (χ1n) is 19.1. The second-order valence-electron chi connectivity index (χ2n) is 14.3. The summed E-state index contributed by atoms with van der Waals surface area (Å²) in [5, 5.41) is 4.52. The van der Waals surface area contributed by atoms with Crippen LogP contribution in [0.15, 0.2) is 188 Å². The fourth-order valence-corrected chi connectivity index (χ4v) is 8.25. The topological polar surface area (TPSA) is 48.5 Å². The number of rotatable bonds is 6. The highest BCUT2D eigenvalue weighted by Gasteiger charge is 2.22. The lowest BCUT2D eigenvalue weighted by Gasteiger charge is -2.17. The molecule has 0 radical (unpaired) electrons. The van der Waals surface area contributed by atoms with Gasteiger partial charge in [0.1, 0.15) is 0 Å². The van der Waals surface area contributed by atoms with Crippen LogP contribution in [0.5, 0.6) is 0 Å². The summed E-state index contributed by atoms with van der Waals surface area (Å²) in [5.74, 6) is -0.243. The van der Waals surface area contributed by atoms with Gasteiger partial charge in [-0.3, -0.25) is 0 Å². The number of para-hydroxylation sites is 3. The molecule has 0 N–H and O–H groups in total. The second-order valence-corrected chi connectivity index (χ2v) is 14.3. The van der Waals surface area contributed by atoms with E-state index >= 15 is 0 Å². The van der Waals surface area contributed by atoms with E-state index in [0.717, 1.165) is 60.9 Å². The molecule has 11 rings (SSSR count). The van der Waals surface area contributed by atoms with Gasteiger partial charge in [0.25, 0.3) is 0 Å². The number of nitrogens with zero attached hydrogens (tertiary/aromatic N) is 5. The average Bonchev–Trinajstić information content (AvgIpc) is 3.80. The van der Waals surface area contributed by atoms with Crippen LogP contribution in [0.3, 0.4) is 0 Å². The number of hydrogen-bond donors (Lipinski definition) is 0. The molecule has 0 atom stereocenters. The van der Waals surface area contributed by atoms with Gasteiger partial charge < -0.3 is 9.13 Å². The lowest BCUT2D eigenvalue weighted by Crippen LogP contribution is -2.04. The van der Waals surface area contributed by atoms with Crippen molar-refractivity contribution in [2.24, 2.45) is 0 Å². The smallest absolute Gasteiger partial charge is 0.166 e. The minimum atomic E-state index is -0.907. The van der Waals surface area contributed by atoms with Crippen LogP contribution in [0.2, 0.25) is 0 Å². The zero-order valence-electron chi connectivity index (χ0n) is 30.9. The van der Waals surface area contributed by atoms with E-state index < -0.39 is 11.6 Å². The van der Waals surface area contributed by atoms with Crippen molar-refractivity contribution in [1.29, 1.82) is 0 Å². The monoisotopic (exact) mass is 751 g/mol. The Labute approximate surface area is 331 Å². The Bertz CT molecular complexity index is 3260. The molecule has 0 saturated heterocycles. The van der Waals surface area contributed by atoms with E-state index in [4.69, 9.17) is 15.0 Å². The maximum absolute atomic E-state index is 14.8. The normalized spacial score (nSPS) is 11.6. The summed E-state index contributed by atoms with van der Waals surface area (Å²) in [6.45, 7) is 0. The van der Waals surface area contributed by atoms with Crippen molar-refractivity contribution in [2.45, 2.75) is 0 Å². The van der Waals surface area contributed by atoms with Gasteiger partial charge in [-0.1, -0.05) is 127 Å². The molecule has 0 aliphatic heterocycles. The Morgan fingerprint density at radius 3 is 1.41 bits per heavy atom. The van der Waals surface area contributed by atoms with Gasteiger partial charge in [0, 0.05) is 43.9 Å². The molecule has 0 unspecified atom stereocenters. The van der Waals surface area contributed by atoms with Crippen molar-refractivity contribution in [3.63, 3.8) is 0 Å². The van der Waals surface area contributed by atoms with Gasteiger partial charge in [-0.25, -0.2) is 23.7 Å². The maximum Gasteiger partial charge on any atom is 0.166 e. The van der Waals surface area contributed by atoms with Crippen molar-refractivity contribution in [1.82, 2.24) is 24.1 Å². The third-order valence-corrected chi connectivity index (χ3v) is 10.9. The molecule has 58 heavy (non-hydrogen) atoms. The fraction of sp³-hybridized carbons (Fsp3) is 0. The van der Waals surface area contributed by atoms with Crippen LogP contribution in [0.1, 0.15) is 0 Å². The summed E-state index contributed by atoms with van der Waals surface area (Å²) in [6, 6.07) is 61.6. The zero-order chi connectivity index (χ0) is 38.7. The van der Waals surface area contributed by atoms with Crippen LogP contribution in [0.4, 0.5) is 8.78 Å². The predicted molar refractivity (Wildman–Crippen MR) is 230 cm³/mol. The standard InChI is InChI=1S/C51H31F2N5/c52-42-27-24-34(29-43(42)53)35-23-26-40(51-55-49(32-13-3-1-4-14-32)54-50(56-51)33-15-5-2-6-16-33)48(30-35)58-46-22-12-9-19-39(46)41-31-36(25-28-47(41)58)57-44-20-10-7-17-37(44)38-18-8-11-21-45(38)57/h1-31H. The summed E-state index contributed by atoms with van der Waals surface area (Å²) in [6.07, 6.45) is 0. The van der Waals surface area contributed by atoms with Crippen molar-refractivity contribution in [3.8, 4) is 56.7 Å². The average molecular weight is 752 g/mol. The molecule has 0 amide bonds. The summed E-state index contributed by atoms with van der Waals surface area (Å²) >= 11 is 0. The first kappa shape index (κ1) is 33.6. The molecule has 0 fully saturated rings. The van der Waals surface area contributed by atoms with Crippen molar-refractivity contribution < 1.29 is 8.78 Å². The molecular formula is C51H31F2N5. The molecule has 0 aliphatic carbocycles. The van der Waals surface area contributed by atoms with Gasteiger partial charge in [0.15, 0.2) is 29.1 Å². The molecule has 8 aromatic carbocycles. The van der Waals surface area contributed by atoms with Gasteiger partial charge in [-0.2, -0.15) is 0 Å². The van der Waals surface area contributed by atoms with Crippen LogP contribution >= 0.6 is 0 Å². The Kier molecular flexibility index (Phi) is 7.79. The highest BCUT2D eigenvalue weighted by atomic mass is 19.2. The number of halogens is 2. The van der Waals surface area contributed by atoms with Gasteiger partial charge in [-0.05, 0) is 71.8 Å². The molecule has 7 heteroatoms. The maximum atomic E-state index is 14.8. The van der Waals surface area contributed by atoms with Gasteiger partial charge in [0.2, 0.25) is 0 Å². The second kappa shape index (κ2) is 13.5. The van der Waals surface area contributed by atoms with E-state index in [2.05, 4.69) is 94.1 Å². The Hall–Kier alpha value is -7.77. The molecule has 0 spiro atoms. The lowest BCUT2D eigenvalue weighted by atomic mass is 10.0. The van der Waals surface area contributed by atoms with E-state index in [9.17, 15) is 8.78 Å².